The topological polar surface area (TPSA) is 31.4 Å². The maximum Gasteiger partial charge on any atom is 0.213 e. The van der Waals surface area contributed by atoms with E-state index in [0.717, 1.165) is 0 Å². The van der Waals surface area contributed by atoms with Crippen molar-refractivity contribution in [3.8, 4) is 5.88 Å². The standard InChI is InChI=1S/C9H11NO2/c1-2-11-7-8-12-9-5-3-4-6-10-9/h2-6H,1,7-8H2. The van der Waals surface area contributed by atoms with E-state index < -0.39 is 0 Å². The minimum Gasteiger partial charge on any atom is -0.498 e. The molecule has 1 aromatic rings. The monoisotopic (exact) mass is 165 g/mol. The highest BCUT2D eigenvalue weighted by molar-refractivity contribution is 5.08. The maximum atomic E-state index is 5.22. The molecule has 0 aliphatic heterocycles. The zero-order valence-electron chi connectivity index (χ0n) is 6.77. The fourth-order valence-electron chi connectivity index (χ4n) is 0.710. The van der Waals surface area contributed by atoms with Gasteiger partial charge in [-0.25, -0.2) is 4.98 Å². The lowest BCUT2D eigenvalue weighted by Crippen LogP contribution is -2.04. The summed E-state index contributed by atoms with van der Waals surface area (Å²) in [5.74, 6) is 0.616. The van der Waals surface area contributed by atoms with Crippen LogP contribution in [0.15, 0.2) is 37.2 Å². The average molecular weight is 165 g/mol. The fraction of sp³-hybridized carbons (Fsp3) is 0.222. The Morgan fingerprint density at radius 3 is 3.00 bits per heavy atom. The van der Waals surface area contributed by atoms with Gasteiger partial charge in [0, 0.05) is 12.3 Å². The van der Waals surface area contributed by atoms with Gasteiger partial charge in [-0.05, 0) is 6.07 Å². The molecule has 3 nitrogen and oxygen atoms in total. The van der Waals surface area contributed by atoms with E-state index in [1.54, 1.807) is 12.3 Å². The minimum absolute atomic E-state index is 0.489. The summed E-state index contributed by atoms with van der Waals surface area (Å²) in [4.78, 5) is 3.97. The third-order valence-electron chi connectivity index (χ3n) is 1.21. The molecule has 0 unspecified atom stereocenters. The number of aromatic nitrogens is 1. The highest BCUT2D eigenvalue weighted by Crippen LogP contribution is 2.02. The van der Waals surface area contributed by atoms with E-state index in [9.17, 15) is 0 Å². The van der Waals surface area contributed by atoms with Crippen LogP contribution in [0.4, 0.5) is 0 Å². The van der Waals surface area contributed by atoms with Crippen molar-refractivity contribution in [2.24, 2.45) is 0 Å². The summed E-state index contributed by atoms with van der Waals surface area (Å²) in [6.45, 7) is 4.40. The zero-order valence-corrected chi connectivity index (χ0v) is 6.77. The highest BCUT2D eigenvalue weighted by Gasteiger charge is 1.90. The summed E-state index contributed by atoms with van der Waals surface area (Å²) >= 11 is 0. The van der Waals surface area contributed by atoms with E-state index in [-0.39, 0.29) is 0 Å². The molecular formula is C9H11NO2. The number of rotatable bonds is 5. The lowest BCUT2D eigenvalue weighted by molar-refractivity contribution is 0.176. The first kappa shape index (κ1) is 8.59. The van der Waals surface area contributed by atoms with Crippen LogP contribution in [-0.2, 0) is 4.74 Å². The number of nitrogens with zero attached hydrogens (tertiary/aromatic N) is 1. The van der Waals surface area contributed by atoms with E-state index in [1.165, 1.54) is 6.26 Å². The number of ether oxygens (including phenoxy) is 2. The van der Waals surface area contributed by atoms with Crippen molar-refractivity contribution < 1.29 is 9.47 Å². The van der Waals surface area contributed by atoms with Crippen LogP contribution >= 0.6 is 0 Å². The van der Waals surface area contributed by atoms with Gasteiger partial charge < -0.3 is 9.47 Å². The van der Waals surface area contributed by atoms with Crippen LogP contribution in [0.5, 0.6) is 5.88 Å². The van der Waals surface area contributed by atoms with Gasteiger partial charge in [-0.2, -0.15) is 0 Å². The number of pyridine rings is 1. The molecule has 0 saturated heterocycles. The predicted molar refractivity (Wildman–Crippen MR) is 45.9 cm³/mol. The molecule has 0 radical (unpaired) electrons. The van der Waals surface area contributed by atoms with Gasteiger partial charge >= 0.3 is 0 Å². The van der Waals surface area contributed by atoms with E-state index in [4.69, 9.17) is 9.47 Å². The van der Waals surface area contributed by atoms with Crippen molar-refractivity contribution in [1.29, 1.82) is 0 Å². The van der Waals surface area contributed by atoms with Crippen molar-refractivity contribution >= 4 is 0 Å². The second kappa shape index (κ2) is 5.18. The van der Waals surface area contributed by atoms with Gasteiger partial charge in [0.15, 0.2) is 0 Å². The van der Waals surface area contributed by atoms with Crippen molar-refractivity contribution in [1.82, 2.24) is 4.98 Å². The highest BCUT2D eigenvalue weighted by atomic mass is 16.5. The van der Waals surface area contributed by atoms with Crippen LogP contribution in [0.2, 0.25) is 0 Å². The molecule has 0 saturated carbocycles. The molecule has 1 heterocycles. The van der Waals surface area contributed by atoms with Gasteiger partial charge in [-0.1, -0.05) is 12.6 Å². The minimum atomic E-state index is 0.489. The zero-order chi connectivity index (χ0) is 8.65. The Morgan fingerprint density at radius 1 is 1.42 bits per heavy atom. The Kier molecular flexibility index (Phi) is 3.71. The molecular weight excluding hydrogens is 154 g/mol. The first-order chi connectivity index (χ1) is 5.93. The fourth-order valence-corrected chi connectivity index (χ4v) is 0.710. The van der Waals surface area contributed by atoms with Crippen LogP contribution in [-0.4, -0.2) is 18.2 Å². The van der Waals surface area contributed by atoms with Crippen LogP contribution in [0.25, 0.3) is 0 Å². The van der Waals surface area contributed by atoms with Gasteiger partial charge in [0.25, 0.3) is 0 Å². The molecule has 0 spiro atoms. The van der Waals surface area contributed by atoms with E-state index in [1.807, 2.05) is 12.1 Å². The summed E-state index contributed by atoms with van der Waals surface area (Å²) in [5, 5.41) is 0. The Hall–Kier alpha value is -1.51. The van der Waals surface area contributed by atoms with E-state index in [2.05, 4.69) is 11.6 Å². The molecule has 12 heavy (non-hydrogen) atoms. The Morgan fingerprint density at radius 2 is 2.33 bits per heavy atom. The molecule has 3 heteroatoms. The van der Waals surface area contributed by atoms with Crippen molar-refractivity contribution in [3.05, 3.63) is 37.2 Å². The van der Waals surface area contributed by atoms with Gasteiger partial charge in [0.2, 0.25) is 5.88 Å². The average Bonchev–Trinajstić information content (AvgIpc) is 2.14. The molecule has 0 amide bonds. The summed E-state index contributed by atoms with van der Waals surface area (Å²) in [6, 6.07) is 5.51. The molecule has 64 valence electrons. The van der Waals surface area contributed by atoms with Crippen molar-refractivity contribution in [2.45, 2.75) is 0 Å². The van der Waals surface area contributed by atoms with E-state index >= 15 is 0 Å². The first-order valence-corrected chi connectivity index (χ1v) is 3.70. The quantitative estimate of drug-likeness (QED) is 0.490. The molecule has 0 N–H and O–H groups in total. The summed E-state index contributed by atoms with van der Waals surface area (Å²) < 4.78 is 10.1. The van der Waals surface area contributed by atoms with Gasteiger partial charge in [0.05, 0.1) is 6.26 Å². The lowest BCUT2D eigenvalue weighted by atomic mass is 10.5. The molecule has 0 aliphatic rings. The second-order valence-corrected chi connectivity index (χ2v) is 2.05. The lowest BCUT2D eigenvalue weighted by Gasteiger charge is -2.03. The smallest absolute Gasteiger partial charge is 0.213 e. The van der Waals surface area contributed by atoms with Crippen molar-refractivity contribution in [3.63, 3.8) is 0 Å². The predicted octanol–water partition coefficient (Wildman–Crippen LogP) is 1.62. The van der Waals surface area contributed by atoms with Crippen LogP contribution in [0, 0.1) is 0 Å². The van der Waals surface area contributed by atoms with Crippen molar-refractivity contribution in [2.75, 3.05) is 13.2 Å². The van der Waals surface area contributed by atoms with E-state index in [0.29, 0.717) is 19.1 Å². The summed E-state index contributed by atoms with van der Waals surface area (Å²) in [5.41, 5.74) is 0. The SMILES string of the molecule is C=COCCOc1ccccn1. The van der Waals surface area contributed by atoms with Gasteiger partial charge in [-0.3, -0.25) is 0 Å². The molecule has 0 atom stereocenters. The third kappa shape index (κ3) is 3.05. The van der Waals surface area contributed by atoms with Crippen LogP contribution in [0.3, 0.4) is 0 Å². The van der Waals surface area contributed by atoms with Crippen LogP contribution < -0.4 is 4.74 Å². The molecule has 0 aromatic carbocycles. The second-order valence-electron chi connectivity index (χ2n) is 2.05. The van der Waals surface area contributed by atoms with Gasteiger partial charge in [0.1, 0.15) is 13.2 Å². The van der Waals surface area contributed by atoms with Crippen LogP contribution in [0.1, 0.15) is 0 Å². The summed E-state index contributed by atoms with van der Waals surface area (Å²) in [7, 11) is 0. The first-order valence-electron chi connectivity index (χ1n) is 3.70. The molecule has 0 bridgehead atoms. The number of hydrogen-bond donors (Lipinski definition) is 0. The van der Waals surface area contributed by atoms with Gasteiger partial charge in [-0.15, -0.1) is 0 Å². The largest absolute Gasteiger partial charge is 0.498 e. The molecule has 1 aromatic heterocycles. The molecule has 0 aliphatic carbocycles. The normalized spacial score (nSPS) is 9.00. The Bertz CT molecular complexity index is 223. The molecule has 0 fully saturated rings. The maximum absolute atomic E-state index is 5.22. The number of hydrogen-bond acceptors (Lipinski definition) is 3. The third-order valence-corrected chi connectivity index (χ3v) is 1.21. The Labute approximate surface area is 71.6 Å². The molecule has 1 rings (SSSR count). The summed E-state index contributed by atoms with van der Waals surface area (Å²) in [6.07, 6.45) is 3.07. The Balaban J connectivity index is 2.20.